The van der Waals surface area contributed by atoms with Crippen LogP contribution in [0.4, 0.5) is 0 Å². The van der Waals surface area contributed by atoms with Crippen molar-refractivity contribution >= 4 is 33.8 Å². The van der Waals surface area contributed by atoms with E-state index in [0.717, 1.165) is 79.5 Å². The van der Waals surface area contributed by atoms with Crippen molar-refractivity contribution < 1.29 is 4.79 Å². The van der Waals surface area contributed by atoms with E-state index >= 15 is 0 Å². The molecule has 4 saturated carbocycles. The van der Waals surface area contributed by atoms with Crippen molar-refractivity contribution in [1.29, 1.82) is 0 Å². The second-order valence-corrected chi connectivity index (χ2v) is 12.9. The Hall–Kier alpha value is -2.29. The number of nitrogens with zero attached hydrogens (tertiary/aromatic N) is 5. The first-order chi connectivity index (χ1) is 17.4. The molecule has 3 aromatic rings. The van der Waals surface area contributed by atoms with Crippen molar-refractivity contribution in [1.82, 2.24) is 24.4 Å². The monoisotopic (exact) mass is 523 g/mol. The Morgan fingerprint density at radius 1 is 1.03 bits per heavy atom. The van der Waals surface area contributed by atoms with Crippen LogP contribution in [-0.2, 0) is 11.3 Å². The average Bonchev–Trinajstić information content (AvgIpc) is 3.28. The van der Waals surface area contributed by atoms with Crippen LogP contribution in [0.1, 0.15) is 44.2 Å². The van der Waals surface area contributed by atoms with E-state index in [-0.39, 0.29) is 11.0 Å². The van der Waals surface area contributed by atoms with Crippen LogP contribution in [-0.4, -0.2) is 56.5 Å². The van der Waals surface area contributed by atoms with Gasteiger partial charge < -0.3 is 4.90 Å². The first kappa shape index (κ1) is 22.9. The van der Waals surface area contributed by atoms with E-state index in [4.69, 9.17) is 16.6 Å². The van der Waals surface area contributed by atoms with Crippen molar-refractivity contribution in [3.05, 3.63) is 51.4 Å². The normalized spacial score (nSPS) is 29.8. The Morgan fingerprint density at radius 3 is 2.39 bits per heavy atom. The van der Waals surface area contributed by atoms with Gasteiger partial charge in [0.15, 0.2) is 0 Å². The number of carbonyl (C=O) groups excluding carboxylic acids is 1. The molecule has 5 aliphatic rings. The minimum absolute atomic E-state index is 0.0644. The molecule has 0 N–H and O–H groups in total. The minimum Gasteiger partial charge on any atom is -0.340 e. The summed E-state index contributed by atoms with van der Waals surface area (Å²) in [4.78, 5) is 36.2. The summed E-state index contributed by atoms with van der Waals surface area (Å²) in [6.07, 6.45) is 7.45. The largest absolute Gasteiger partial charge is 0.340 e. The van der Waals surface area contributed by atoms with E-state index in [9.17, 15) is 9.59 Å². The van der Waals surface area contributed by atoms with Crippen LogP contribution >= 0.6 is 22.9 Å². The van der Waals surface area contributed by atoms with Crippen molar-refractivity contribution in [3.8, 4) is 10.6 Å². The average molecular weight is 524 g/mol. The summed E-state index contributed by atoms with van der Waals surface area (Å²) < 4.78 is 1.37. The van der Waals surface area contributed by atoms with Crippen LogP contribution < -0.4 is 5.56 Å². The molecule has 8 rings (SSSR count). The van der Waals surface area contributed by atoms with E-state index < -0.39 is 0 Å². The fourth-order valence-corrected chi connectivity index (χ4v) is 8.83. The summed E-state index contributed by atoms with van der Waals surface area (Å²) in [5.41, 5.74) is 1.39. The summed E-state index contributed by atoms with van der Waals surface area (Å²) in [5.74, 6) is 2.78. The fraction of sp³-hybridized carbons (Fsp3) is 0.556. The fourth-order valence-electron chi connectivity index (χ4n) is 7.72. The predicted octanol–water partition coefficient (Wildman–Crippen LogP) is 4.33. The number of halogens is 1. The van der Waals surface area contributed by atoms with Crippen LogP contribution in [0.3, 0.4) is 0 Å². The zero-order valence-corrected chi connectivity index (χ0v) is 21.8. The van der Waals surface area contributed by atoms with Gasteiger partial charge in [-0.2, -0.15) is 9.61 Å². The number of rotatable bonds is 4. The number of hydrogen-bond acceptors (Lipinski definition) is 6. The highest BCUT2D eigenvalue weighted by molar-refractivity contribution is 7.19. The van der Waals surface area contributed by atoms with Gasteiger partial charge in [0.25, 0.3) is 5.56 Å². The molecule has 7 nitrogen and oxygen atoms in total. The first-order valence-electron chi connectivity index (χ1n) is 13.1. The molecule has 9 heteroatoms. The van der Waals surface area contributed by atoms with Crippen molar-refractivity contribution in [2.75, 3.05) is 26.2 Å². The van der Waals surface area contributed by atoms with Crippen LogP contribution in [0.5, 0.6) is 0 Å². The van der Waals surface area contributed by atoms with Gasteiger partial charge in [0, 0.05) is 49.4 Å². The van der Waals surface area contributed by atoms with Crippen molar-refractivity contribution in [3.63, 3.8) is 0 Å². The Kier molecular flexibility index (Phi) is 5.49. The maximum atomic E-state index is 13.7. The number of carbonyl (C=O) groups is 1. The number of piperazine rings is 1. The SMILES string of the molecule is O=C(N1CCN(Cc2cc(=O)n3nc(-c4cccc(Cl)c4)sc3n2)CC1)C12CC3CC(CC(C3)C1)C2. The number of hydrogen-bond donors (Lipinski definition) is 0. The van der Waals surface area contributed by atoms with Crippen LogP contribution in [0.2, 0.25) is 5.02 Å². The van der Waals surface area contributed by atoms with Gasteiger partial charge in [-0.1, -0.05) is 35.1 Å². The van der Waals surface area contributed by atoms with Gasteiger partial charge in [0.1, 0.15) is 5.01 Å². The zero-order chi connectivity index (χ0) is 24.4. The number of amides is 1. The van der Waals surface area contributed by atoms with Crippen LogP contribution in [0.25, 0.3) is 15.5 Å². The second-order valence-electron chi connectivity index (χ2n) is 11.5. The van der Waals surface area contributed by atoms with Gasteiger partial charge in [0.05, 0.1) is 11.1 Å². The lowest BCUT2D eigenvalue weighted by molar-refractivity contribution is -0.159. The molecule has 0 atom stereocenters. The Bertz CT molecular complexity index is 1360. The molecule has 0 spiro atoms. The van der Waals surface area contributed by atoms with Crippen LogP contribution in [0, 0.1) is 23.2 Å². The maximum Gasteiger partial charge on any atom is 0.275 e. The molecule has 5 fully saturated rings. The molecule has 1 aromatic carbocycles. The van der Waals surface area contributed by atoms with Gasteiger partial charge in [-0.05, 0) is 68.4 Å². The second kappa shape index (κ2) is 8.64. The summed E-state index contributed by atoms with van der Waals surface area (Å²) in [6.45, 7) is 3.77. The third-order valence-corrected chi connectivity index (χ3v) is 10.1. The molecule has 188 valence electrons. The minimum atomic E-state index is -0.171. The summed E-state index contributed by atoms with van der Waals surface area (Å²) >= 11 is 7.52. The van der Waals surface area contributed by atoms with Crippen molar-refractivity contribution in [2.24, 2.45) is 23.2 Å². The third kappa shape index (κ3) is 3.98. The molecule has 1 aliphatic heterocycles. The molecule has 2 aromatic heterocycles. The lowest BCUT2D eigenvalue weighted by atomic mass is 9.49. The van der Waals surface area contributed by atoms with Gasteiger partial charge in [-0.3, -0.25) is 14.5 Å². The van der Waals surface area contributed by atoms with E-state index in [0.29, 0.717) is 22.4 Å². The number of aromatic nitrogens is 3. The molecule has 1 amide bonds. The summed E-state index contributed by atoms with van der Waals surface area (Å²) in [5, 5.41) is 5.81. The molecule has 36 heavy (non-hydrogen) atoms. The van der Waals surface area contributed by atoms with Gasteiger partial charge in [-0.15, -0.1) is 0 Å². The van der Waals surface area contributed by atoms with Crippen molar-refractivity contribution in [2.45, 2.75) is 45.1 Å². The van der Waals surface area contributed by atoms with E-state index in [1.54, 1.807) is 6.07 Å². The molecule has 1 saturated heterocycles. The highest BCUT2D eigenvalue weighted by Gasteiger charge is 2.55. The molecule has 4 aliphatic carbocycles. The molecular weight excluding hydrogens is 494 g/mol. The molecule has 3 heterocycles. The Balaban J connectivity index is 1.03. The highest BCUT2D eigenvalue weighted by Crippen LogP contribution is 2.60. The molecule has 0 radical (unpaired) electrons. The Labute approximate surface area is 219 Å². The lowest BCUT2D eigenvalue weighted by Gasteiger charge is -2.57. The smallest absolute Gasteiger partial charge is 0.275 e. The summed E-state index contributed by atoms with van der Waals surface area (Å²) in [6, 6.07) is 9.05. The molecule has 4 bridgehead atoms. The quantitative estimate of drug-likeness (QED) is 0.509. The Morgan fingerprint density at radius 2 is 1.72 bits per heavy atom. The zero-order valence-electron chi connectivity index (χ0n) is 20.2. The van der Waals surface area contributed by atoms with Gasteiger partial charge in [-0.25, -0.2) is 4.98 Å². The van der Waals surface area contributed by atoms with E-state index in [1.807, 2.05) is 24.3 Å². The summed E-state index contributed by atoms with van der Waals surface area (Å²) in [7, 11) is 0. The first-order valence-corrected chi connectivity index (χ1v) is 14.3. The third-order valence-electron chi connectivity index (χ3n) is 8.91. The lowest BCUT2D eigenvalue weighted by Crippen LogP contribution is -2.58. The van der Waals surface area contributed by atoms with Gasteiger partial charge >= 0.3 is 0 Å². The number of fused-ring (bicyclic) bond motifs is 1. The molecular formula is C27H30ClN5O2S. The predicted molar refractivity (Wildman–Crippen MR) is 140 cm³/mol. The van der Waals surface area contributed by atoms with E-state index in [1.165, 1.54) is 35.1 Å². The van der Waals surface area contributed by atoms with E-state index in [2.05, 4.69) is 14.9 Å². The highest BCUT2D eigenvalue weighted by atomic mass is 35.5. The van der Waals surface area contributed by atoms with Gasteiger partial charge in [0.2, 0.25) is 10.9 Å². The maximum absolute atomic E-state index is 13.7. The molecule has 0 unspecified atom stereocenters. The van der Waals surface area contributed by atoms with Crippen LogP contribution in [0.15, 0.2) is 35.1 Å². The topological polar surface area (TPSA) is 70.8 Å². The standard InChI is InChI=1S/C27H30ClN5O2S/c28-21-3-1-2-20(11-21)24-30-33-23(34)12-22(29-26(33)36-24)16-31-4-6-32(7-5-31)25(35)27-13-17-8-18(14-27)10-19(9-17)15-27/h1-3,11-12,17-19H,4-10,13-16H2. The number of benzene rings is 1.